The van der Waals surface area contributed by atoms with Crippen molar-refractivity contribution >= 4 is 5.91 Å². The van der Waals surface area contributed by atoms with Gasteiger partial charge in [-0.2, -0.15) is 0 Å². The van der Waals surface area contributed by atoms with Gasteiger partial charge in [-0.3, -0.25) is 4.79 Å². The third-order valence-corrected chi connectivity index (χ3v) is 6.52. The molecule has 1 aromatic carbocycles. The first kappa shape index (κ1) is 15.2. The highest BCUT2D eigenvalue weighted by Gasteiger charge is 2.61. The number of aliphatic hydroxyl groups excluding tert-OH is 1. The van der Waals surface area contributed by atoms with Gasteiger partial charge in [-0.15, -0.1) is 0 Å². The van der Waals surface area contributed by atoms with Crippen molar-refractivity contribution < 1.29 is 9.90 Å². The molecule has 4 atom stereocenters. The summed E-state index contributed by atoms with van der Waals surface area (Å²) < 4.78 is 0. The van der Waals surface area contributed by atoms with Crippen LogP contribution in [0.15, 0.2) is 24.3 Å². The average molecular weight is 313 g/mol. The predicted octanol–water partition coefficient (Wildman–Crippen LogP) is 2.90. The largest absolute Gasteiger partial charge is 0.396 e. The number of fused-ring (bicyclic) bond motifs is 2. The van der Waals surface area contributed by atoms with E-state index in [0.717, 1.165) is 38.6 Å². The minimum Gasteiger partial charge on any atom is -0.396 e. The van der Waals surface area contributed by atoms with Gasteiger partial charge in [-0.1, -0.05) is 24.3 Å². The predicted molar refractivity (Wildman–Crippen MR) is 90.1 cm³/mol. The van der Waals surface area contributed by atoms with E-state index < -0.39 is 0 Å². The molecular formula is C20H27NO2. The number of benzene rings is 1. The van der Waals surface area contributed by atoms with Gasteiger partial charge >= 0.3 is 0 Å². The number of hydrogen-bond acceptors (Lipinski definition) is 2. The highest BCUT2D eigenvalue weighted by Crippen LogP contribution is 2.61. The van der Waals surface area contributed by atoms with Gasteiger partial charge in [-0.25, -0.2) is 0 Å². The minimum absolute atomic E-state index is 0.123. The van der Waals surface area contributed by atoms with E-state index in [-0.39, 0.29) is 23.9 Å². The summed E-state index contributed by atoms with van der Waals surface area (Å²) in [4.78, 5) is 15.2. The zero-order chi connectivity index (χ0) is 16.0. The van der Waals surface area contributed by atoms with Crippen LogP contribution in [-0.2, 0) is 16.6 Å². The Kier molecular flexibility index (Phi) is 3.72. The summed E-state index contributed by atoms with van der Waals surface area (Å²) in [5.74, 6) is 0.777. The minimum atomic E-state index is 0.123. The molecule has 1 spiro atoms. The maximum absolute atomic E-state index is 13.2. The first-order valence-corrected chi connectivity index (χ1v) is 9.15. The molecule has 1 heterocycles. The topological polar surface area (TPSA) is 40.5 Å². The lowest BCUT2D eigenvalue weighted by atomic mass is 9.78. The molecule has 0 aromatic heterocycles. The Hall–Kier alpha value is -1.35. The first-order chi connectivity index (χ1) is 11.2. The molecule has 1 amide bonds. The van der Waals surface area contributed by atoms with E-state index >= 15 is 0 Å². The Morgan fingerprint density at radius 1 is 1.35 bits per heavy atom. The SMILES string of the molecule is CC1CCC(CO)CN1C(=O)C1CC12CCCc1ccccc12. The smallest absolute Gasteiger partial charge is 0.226 e. The van der Waals surface area contributed by atoms with Crippen molar-refractivity contribution in [3.63, 3.8) is 0 Å². The quantitative estimate of drug-likeness (QED) is 0.912. The van der Waals surface area contributed by atoms with Crippen LogP contribution in [-0.4, -0.2) is 35.1 Å². The lowest BCUT2D eigenvalue weighted by molar-refractivity contribution is -0.138. The van der Waals surface area contributed by atoms with Crippen molar-refractivity contribution in [2.75, 3.05) is 13.2 Å². The second-order valence-corrected chi connectivity index (χ2v) is 7.89. The zero-order valence-corrected chi connectivity index (χ0v) is 14.0. The van der Waals surface area contributed by atoms with Gasteiger partial charge in [-0.05, 0) is 62.5 Å². The highest BCUT2D eigenvalue weighted by molar-refractivity contribution is 5.85. The van der Waals surface area contributed by atoms with Crippen LogP contribution in [0.5, 0.6) is 0 Å². The van der Waals surface area contributed by atoms with E-state index in [1.165, 1.54) is 17.5 Å². The van der Waals surface area contributed by atoms with Crippen molar-refractivity contribution in [3.8, 4) is 0 Å². The molecule has 1 saturated heterocycles. The van der Waals surface area contributed by atoms with Crippen molar-refractivity contribution in [2.24, 2.45) is 11.8 Å². The molecule has 1 aromatic rings. The highest BCUT2D eigenvalue weighted by atomic mass is 16.3. The number of likely N-dealkylation sites (tertiary alicyclic amines) is 1. The number of aliphatic hydroxyl groups is 1. The van der Waals surface area contributed by atoms with E-state index in [2.05, 4.69) is 36.1 Å². The fraction of sp³-hybridized carbons (Fsp3) is 0.650. The van der Waals surface area contributed by atoms with Crippen LogP contribution in [0.1, 0.15) is 50.2 Å². The fourth-order valence-electron chi connectivity index (χ4n) is 4.99. The van der Waals surface area contributed by atoms with Gasteiger partial charge in [0, 0.05) is 30.5 Å². The molecule has 3 aliphatic rings. The number of carbonyl (C=O) groups is 1. The molecule has 2 fully saturated rings. The van der Waals surface area contributed by atoms with Gasteiger partial charge in [0.2, 0.25) is 5.91 Å². The molecule has 3 nitrogen and oxygen atoms in total. The third-order valence-electron chi connectivity index (χ3n) is 6.52. The number of carbonyl (C=O) groups excluding carboxylic acids is 1. The molecule has 4 unspecified atom stereocenters. The molecule has 1 aliphatic heterocycles. The van der Waals surface area contributed by atoms with Crippen molar-refractivity contribution in [1.29, 1.82) is 0 Å². The van der Waals surface area contributed by atoms with Crippen LogP contribution in [0, 0.1) is 11.8 Å². The molecule has 4 rings (SSSR count). The fourth-order valence-corrected chi connectivity index (χ4v) is 4.99. The summed E-state index contributed by atoms with van der Waals surface area (Å²) in [5, 5.41) is 9.47. The Morgan fingerprint density at radius 3 is 3.00 bits per heavy atom. The second kappa shape index (κ2) is 5.62. The van der Waals surface area contributed by atoms with Crippen LogP contribution in [0.25, 0.3) is 0 Å². The standard InChI is InChI=1S/C20H27NO2/c1-14-8-9-15(13-22)12-21(14)19(23)18-11-20(18)10-4-6-16-5-2-3-7-17(16)20/h2-3,5,7,14-15,18,22H,4,6,8-13H2,1H3. The summed E-state index contributed by atoms with van der Waals surface area (Å²) in [6.45, 7) is 3.11. The van der Waals surface area contributed by atoms with Crippen LogP contribution < -0.4 is 0 Å². The Labute approximate surface area is 138 Å². The summed E-state index contributed by atoms with van der Waals surface area (Å²) in [5.41, 5.74) is 3.01. The van der Waals surface area contributed by atoms with Gasteiger partial charge in [0.1, 0.15) is 0 Å². The molecule has 0 bridgehead atoms. The normalized spacial score (nSPS) is 35.9. The molecule has 23 heavy (non-hydrogen) atoms. The number of amides is 1. The van der Waals surface area contributed by atoms with E-state index in [1.54, 1.807) is 0 Å². The summed E-state index contributed by atoms with van der Waals surface area (Å²) in [7, 11) is 0. The molecule has 0 radical (unpaired) electrons. The summed E-state index contributed by atoms with van der Waals surface area (Å²) in [6, 6.07) is 9.05. The maximum atomic E-state index is 13.2. The lowest BCUT2D eigenvalue weighted by Gasteiger charge is -2.38. The van der Waals surface area contributed by atoms with Crippen LogP contribution in [0.4, 0.5) is 0 Å². The first-order valence-electron chi connectivity index (χ1n) is 9.15. The number of nitrogens with zero attached hydrogens (tertiary/aromatic N) is 1. The molecule has 1 saturated carbocycles. The van der Waals surface area contributed by atoms with Gasteiger partial charge in [0.15, 0.2) is 0 Å². The van der Waals surface area contributed by atoms with Crippen LogP contribution in [0.3, 0.4) is 0 Å². The Balaban J connectivity index is 1.56. The van der Waals surface area contributed by atoms with Gasteiger partial charge < -0.3 is 10.0 Å². The Morgan fingerprint density at radius 2 is 2.17 bits per heavy atom. The number of piperidine rings is 1. The van der Waals surface area contributed by atoms with Crippen molar-refractivity contribution in [3.05, 3.63) is 35.4 Å². The molecule has 1 N–H and O–H groups in total. The van der Waals surface area contributed by atoms with Crippen LogP contribution >= 0.6 is 0 Å². The van der Waals surface area contributed by atoms with E-state index in [1.807, 2.05) is 0 Å². The van der Waals surface area contributed by atoms with E-state index in [9.17, 15) is 9.90 Å². The monoisotopic (exact) mass is 313 g/mol. The van der Waals surface area contributed by atoms with Gasteiger partial charge in [0.25, 0.3) is 0 Å². The molecule has 124 valence electrons. The van der Waals surface area contributed by atoms with Gasteiger partial charge in [0.05, 0.1) is 0 Å². The number of aryl methyl sites for hydroxylation is 1. The molecule has 3 heteroatoms. The van der Waals surface area contributed by atoms with E-state index in [4.69, 9.17) is 0 Å². The zero-order valence-electron chi connectivity index (χ0n) is 14.0. The summed E-state index contributed by atoms with van der Waals surface area (Å²) >= 11 is 0. The number of hydrogen-bond donors (Lipinski definition) is 1. The average Bonchev–Trinajstić information content (AvgIpc) is 3.30. The molecule has 2 aliphatic carbocycles. The second-order valence-electron chi connectivity index (χ2n) is 7.89. The van der Waals surface area contributed by atoms with Crippen molar-refractivity contribution in [2.45, 2.75) is 56.9 Å². The van der Waals surface area contributed by atoms with E-state index in [0.29, 0.717) is 11.9 Å². The summed E-state index contributed by atoms with van der Waals surface area (Å²) in [6.07, 6.45) is 6.61. The van der Waals surface area contributed by atoms with Crippen molar-refractivity contribution in [1.82, 2.24) is 4.90 Å². The van der Waals surface area contributed by atoms with Crippen LogP contribution in [0.2, 0.25) is 0 Å². The lowest BCUT2D eigenvalue weighted by Crippen LogP contribution is -2.47. The maximum Gasteiger partial charge on any atom is 0.226 e. The Bertz CT molecular complexity index is 613. The third kappa shape index (κ3) is 2.40. The number of rotatable bonds is 2. The molecular weight excluding hydrogens is 286 g/mol.